The molecule has 0 radical (unpaired) electrons. The molecule has 1 amide bonds. The Balaban J connectivity index is 2.03. The van der Waals surface area contributed by atoms with Gasteiger partial charge in [-0.25, -0.2) is 4.98 Å². The van der Waals surface area contributed by atoms with Gasteiger partial charge in [0, 0.05) is 12.4 Å². The Morgan fingerprint density at radius 1 is 1.24 bits per heavy atom. The van der Waals surface area contributed by atoms with E-state index < -0.39 is 0 Å². The first kappa shape index (κ1) is 13.0. The number of rotatable bonds is 3. The zero-order valence-corrected chi connectivity index (χ0v) is 11.5. The van der Waals surface area contributed by atoms with Gasteiger partial charge in [-0.15, -0.1) is 0 Å². The van der Waals surface area contributed by atoms with Gasteiger partial charge in [-0.2, -0.15) is 4.98 Å². The van der Waals surface area contributed by atoms with Crippen molar-refractivity contribution >= 4 is 28.6 Å². The number of benzene rings is 1. The standard InChI is InChI=1S/C14H13N5O2/c1-8-16-14(21-19-8)18-13(20)10-7-12(15-2)17-11-6-4-3-5-9(10)11/h3-7H,1-2H3,(H,15,17)(H,16,18,19,20). The fourth-order valence-corrected chi connectivity index (χ4v) is 2.00. The van der Waals surface area contributed by atoms with E-state index in [1.54, 1.807) is 20.0 Å². The molecule has 0 aliphatic heterocycles. The largest absolute Gasteiger partial charge is 0.373 e. The number of amides is 1. The van der Waals surface area contributed by atoms with Gasteiger partial charge in [-0.3, -0.25) is 10.1 Å². The van der Waals surface area contributed by atoms with Crippen LogP contribution in [0.4, 0.5) is 11.8 Å². The van der Waals surface area contributed by atoms with Crippen molar-refractivity contribution in [3.8, 4) is 0 Å². The molecule has 3 aromatic rings. The number of aromatic nitrogens is 3. The predicted molar refractivity (Wildman–Crippen MR) is 78.3 cm³/mol. The van der Waals surface area contributed by atoms with E-state index >= 15 is 0 Å². The van der Waals surface area contributed by atoms with Crippen molar-refractivity contribution in [2.45, 2.75) is 6.92 Å². The molecule has 21 heavy (non-hydrogen) atoms. The van der Waals surface area contributed by atoms with Crippen LogP contribution >= 0.6 is 0 Å². The topological polar surface area (TPSA) is 92.9 Å². The van der Waals surface area contributed by atoms with E-state index in [0.717, 1.165) is 10.9 Å². The highest BCUT2D eigenvalue weighted by atomic mass is 16.5. The molecule has 0 saturated carbocycles. The van der Waals surface area contributed by atoms with Crippen LogP contribution in [-0.4, -0.2) is 28.1 Å². The van der Waals surface area contributed by atoms with Crippen LogP contribution in [0.15, 0.2) is 34.9 Å². The molecule has 0 fully saturated rings. The lowest BCUT2D eigenvalue weighted by Crippen LogP contribution is -2.13. The minimum Gasteiger partial charge on any atom is -0.373 e. The lowest BCUT2D eigenvalue weighted by atomic mass is 10.1. The molecular weight excluding hydrogens is 270 g/mol. The molecule has 1 aromatic carbocycles. The Morgan fingerprint density at radius 3 is 2.76 bits per heavy atom. The number of aryl methyl sites for hydroxylation is 1. The number of hydrogen-bond donors (Lipinski definition) is 2. The van der Waals surface area contributed by atoms with Crippen molar-refractivity contribution in [2.75, 3.05) is 17.7 Å². The van der Waals surface area contributed by atoms with Crippen LogP contribution in [0.1, 0.15) is 16.2 Å². The summed E-state index contributed by atoms with van der Waals surface area (Å²) >= 11 is 0. The lowest BCUT2D eigenvalue weighted by Gasteiger charge is -2.08. The quantitative estimate of drug-likeness (QED) is 0.765. The monoisotopic (exact) mass is 283 g/mol. The summed E-state index contributed by atoms with van der Waals surface area (Å²) in [6.07, 6.45) is 0. The summed E-state index contributed by atoms with van der Waals surface area (Å²) in [4.78, 5) is 20.8. The molecule has 0 aliphatic rings. The Bertz CT molecular complexity index is 812. The van der Waals surface area contributed by atoms with E-state index in [1.807, 2.05) is 24.3 Å². The molecular formula is C14H13N5O2. The predicted octanol–water partition coefficient (Wildman–Crippen LogP) is 2.22. The van der Waals surface area contributed by atoms with Gasteiger partial charge in [-0.05, 0) is 19.1 Å². The fourth-order valence-electron chi connectivity index (χ4n) is 2.00. The smallest absolute Gasteiger partial charge is 0.328 e. The summed E-state index contributed by atoms with van der Waals surface area (Å²) in [7, 11) is 1.75. The van der Waals surface area contributed by atoms with E-state index in [-0.39, 0.29) is 11.9 Å². The second kappa shape index (κ2) is 5.20. The Morgan fingerprint density at radius 2 is 2.05 bits per heavy atom. The molecule has 0 unspecified atom stereocenters. The number of carbonyl (C=O) groups is 1. The molecule has 2 aromatic heterocycles. The molecule has 7 heteroatoms. The zero-order valence-electron chi connectivity index (χ0n) is 11.5. The Labute approximate surface area is 120 Å². The average Bonchev–Trinajstić information content (AvgIpc) is 2.91. The molecule has 2 heterocycles. The van der Waals surface area contributed by atoms with Gasteiger partial charge in [0.1, 0.15) is 5.82 Å². The maximum atomic E-state index is 12.4. The summed E-state index contributed by atoms with van der Waals surface area (Å²) < 4.78 is 4.90. The lowest BCUT2D eigenvalue weighted by molar-refractivity contribution is 0.102. The number of pyridine rings is 1. The first-order valence-corrected chi connectivity index (χ1v) is 6.36. The van der Waals surface area contributed by atoms with Gasteiger partial charge in [0.05, 0.1) is 11.1 Å². The number of nitrogens with one attached hydrogen (secondary N) is 2. The summed E-state index contributed by atoms with van der Waals surface area (Å²) in [6, 6.07) is 9.18. The number of anilines is 2. The summed E-state index contributed by atoms with van der Waals surface area (Å²) in [5.74, 6) is 0.745. The minimum atomic E-state index is -0.325. The first-order valence-electron chi connectivity index (χ1n) is 6.36. The van der Waals surface area contributed by atoms with Crippen LogP contribution in [0.2, 0.25) is 0 Å². The second-order valence-corrected chi connectivity index (χ2v) is 4.42. The van der Waals surface area contributed by atoms with E-state index in [0.29, 0.717) is 17.2 Å². The van der Waals surface area contributed by atoms with E-state index in [4.69, 9.17) is 4.52 Å². The third kappa shape index (κ3) is 2.53. The molecule has 0 spiro atoms. The second-order valence-electron chi connectivity index (χ2n) is 4.42. The molecule has 2 N–H and O–H groups in total. The normalized spacial score (nSPS) is 10.6. The highest BCUT2D eigenvalue weighted by Crippen LogP contribution is 2.21. The molecule has 3 rings (SSSR count). The van der Waals surface area contributed by atoms with Crippen molar-refractivity contribution in [3.05, 3.63) is 41.7 Å². The van der Waals surface area contributed by atoms with Crippen molar-refractivity contribution in [2.24, 2.45) is 0 Å². The summed E-state index contributed by atoms with van der Waals surface area (Å²) in [6.45, 7) is 1.68. The maximum Gasteiger partial charge on any atom is 0.328 e. The van der Waals surface area contributed by atoms with Gasteiger partial charge in [0.2, 0.25) is 0 Å². The van der Waals surface area contributed by atoms with Gasteiger partial charge in [0.15, 0.2) is 5.82 Å². The van der Waals surface area contributed by atoms with E-state index in [2.05, 4.69) is 25.8 Å². The molecule has 0 saturated heterocycles. The molecule has 0 aliphatic carbocycles. The maximum absolute atomic E-state index is 12.4. The number of nitrogens with zero attached hydrogens (tertiary/aromatic N) is 3. The van der Waals surface area contributed by atoms with Crippen LogP contribution in [-0.2, 0) is 0 Å². The van der Waals surface area contributed by atoms with Crippen LogP contribution < -0.4 is 10.6 Å². The number of hydrogen-bond acceptors (Lipinski definition) is 6. The third-order valence-electron chi connectivity index (χ3n) is 2.96. The van der Waals surface area contributed by atoms with E-state index in [9.17, 15) is 4.79 Å². The molecule has 0 atom stereocenters. The highest BCUT2D eigenvalue weighted by molar-refractivity contribution is 6.12. The van der Waals surface area contributed by atoms with Crippen LogP contribution in [0.25, 0.3) is 10.9 Å². The van der Waals surface area contributed by atoms with Crippen molar-refractivity contribution in [1.29, 1.82) is 0 Å². The number of para-hydroxylation sites is 1. The van der Waals surface area contributed by atoms with Crippen molar-refractivity contribution < 1.29 is 9.32 Å². The summed E-state index contributed by atoms with van der Waals surface area (Å²) in [5.41, 5.74) is 1.22. The average molecular weight is 283 g/mol. The number of carbonyl (C=O) groups excluding carboxylic acids is 1. The third-order valence-corrected chi connectivity index (χ3v) is 2.96. The Kier molecular flexibility index (Phi) is 3.23. The van der Waals surface area contributed by atoms with Crippen molar-refractivity contribution in [3.63, 3.8) is 0 Å². The van der Waals surface area contributed by atoms with Gasteiger partial charge < -0.3 is 9.84 Å². The molecule has 106 valence electrons. The zero-order chi connectivity index (χ0) is 14.8. The summed E-state index contributed by atoms with van der Waals surface area (Å²) in [5, 5.41) is 9.92. The van der Waals surface area contributed by atoms with Gasteiger partial charge in [-0.1, -0.05) is 23.4 Å². The highest BCUT2D eigenvalue weighted by Gasteiger charge is 2.15. The molecule has 0 bridgehead atoms. The number of fused-ring (bicyclic) bond motifs is 1. The van der Waals surface area contributed by atoms with Crippen LogP contribution in [0, 0.1) is 6.92 Å². The van der Waals surface area contributed by atoms with Gasteiger partial charge in [0.25, 0.3) is 5.91 Å². The SMILES string of the molecule is CNc1cc(C(=O)Nc2nc(C)no2)c2ccccc2n1. The molecule has 7 nitrogen and oxygen atoms in total. The minimum absolute atomic E-state index is 0.0735. The van der Waals surface area contributed by atoms with E-state index in [1.165, 1.54) is 0 Å². The Hall–Kier alpha value is -2.96. The van der Waals surface area contributed by atoms with Crippen LogP contribution in [0.5, 0.6) is 0 Å². The fraction of sp³-hybridized carbons (Fsp3) is 0.143. The van der Waals surface area contributed by atoms with Crippen molar-refractivity contribution in [1.82, 2.24) is 15.1 Å². The first-order chi connectivity index (χ1) is 10.2. The van der Waals surface area contributed by atoms with Crippen LogP contribution in [0.3, 0.4) is 0 Å². The van der Waals surface area contributed by atoms with Gasteiger partial charge >= 0.3 is 6.01 Å².